The van der Waals surface area contributed by atoms with Crippen LogP contribution in [0.15, 0.2) is 35.3 Å². The molecule has 2 aromatic rings. The average molecular weight is 294 g/mol. The first-order chi connectivity index (χ1) is 8.16. The van der Waals surface area contributed by atoms with E-state index in [2.05, 4.69) is 36.2 Å². The lowest BCUT2D eigenvalue weighted by Crippen LogP contribution is -2.15. The number of hydrogen-bond donors (Lipinski definition) is 2. The lowest BCUT2D eigenvalue weighted by molar-refractivity contribution is 0.102. The Labute approximate surface area is 105 Å². The molecule has 2 aromatic heterocycles. The number of hydrogen-bond acceptors (Lipinski definition) is 5. The number of nitrogens with one attached hydrogen (secondary N) is 1. The van der Waals surface area contributed by atoms with E-state index in [0.717, 1.165) is 0 Å². The van der Waals surface area contributed by atoms with E-state index in [4.69, 9.17) is 5.73 Å². The second kappa shape index (κ2) is 4.88. The zero-order chi connectivity index (χ0) is 12.3. The number of amides is 1. The standard InChI is InChI=1S/C10H8BrN5O/c11-6-3-7(9(12)14-4-6)10(17)16-8-1-2-13-5-15-8/h1-5H,(H2,12,14)(H,13,15,16,17). The number of aromatic nitrogens is 3. The first-order valence-corrected chi connectivity index (χ1v) is 5.44. The average Bonchev–Trinajstić information content (AvgIpc) is 2.33. The molecule has 0 saturated heterocycles. The monoisotopic (exact) mass is 293 g/mol. The third-order valence-electron chi connectivity index (χ3n) is 1.95. The first kappa shape index (κ1) is 11.5. The summed E-state index contributed by atoms with van der Waals surface area (Å²) in [7, 11) is 0. The highest BCUT2D eigenvalue weighted by Crippen LogP contribution is 2.16. The lowest BCUT2D eigenvalue weighted by atomic mass is 10.2. The topological polar surface area (TPSA) is 93.8 Å². The first-order valence-electron chi connectivity index (χ1n) is 4.65. The minimum Gasteiger partial charge on any atom is -0.383 e. The van der Waals surface area contributed by atoms with E-state index in [0.29, 0.717) is 10.3 Å². The molecule has 0 fully saturated rings. The molecule has 6 nitrogen and oxygen atoms in total. The molecule has 0 atom stereocenters. The number of halogens is 1. The van der Waals surface area contributed by atoms with Crippen LogP contribution in [0.25, 0.3) is 0 Å². The minimum absolute atomic E-state index is 0.166. The Morgan fingerprint density at radius 2 is 2.24 bits per heavy atom. The zero-order valence-corrected chi connectivity index (χ0v) is 10.2. The molecule has 0 aliphatic carbocycles. The van der Waals surface area contributed by atoms with Crippen molar-refractivity contribution in [1.29, 1.82) is 0 Å². The van der Waals surface area contributed by atoms with Crippen LogP contribution in [0.4, 0.5) is 11.6 Å². The molecular weight excluding hydrogens is 286 g/mol. The van der Waals surface area contributed by atoms with Gasteiger partial charge < -0.3 is 11.1 Å². The number of nitrogens with zero attached hydrogens (tertiary/aromatic N) is 3. The Morgan fingerprint density at radius 3 is 2.94 bits per heavy atom. The Bertz CT molecular complexity index is 546. The number of nitrogens with two attached hydrogens (primary N) is 1. The molecule has 0 aliphatic heterocycles. The normalized spacial score (nSPS) is 9.94. The molecule has 0 saturated carbocycles. The summed E-state index contributed by atoms with van der Waals surface area (Å²) in [5.41, 5.74) is 5.91. The van der Waals surface area contributed by atoms with Gasteiger partial charge in [0.2, 0.25) is 0 Å². The highest BCUT2D eigenvalue weighted by atomic mass is 79.9. The van der Waals surface area contributed by atoms with E-state index < -0.39 is 0 Å². The van der Waals surface area contributed by atoms with Gasteiger partial charge in [-0.25, -0.2) is 15.0 Å². The van der Waals surface area contributed by atoms with Crippen LogP contribution in [0, 0.1) is 0 Å². The summed E-state index contributed by atoms with van der Waals surface area (Å²) in [5, 5.41) is 2.60. The van der Waals surface area contributed by atoms with Crippen LogP contribution in [0.3, 0.4) is 0 Å². The molecule has 2 rings (SSSR count). The maximum atomic E-state index is 11.9. The summed E-state index contributed by atoms with van der Waals surface area (Å²) in [6, 6.07) is 3.18. The fourth-order valence-electron chi connectivity index (χ4n) is 1.18. The highest BCUT2D eigenvalue weighted by Gasteiger charge is 2.11. The van der Waals surface area contributed by atoms with Crippen molar-refractivity contribution in [3.05, 3.63) is 40.9 Å². The van der Waals surface area contributed by atoms with Crippen LogP contribution in [-0.2, 0) is 0 Å². The van der Waals surface area contributed by atoms with Crippen molar-refractivity contribution in [3.8, 4) is 0 Å². The van der Waals surface area contributed by atoms with E-state index in [9.17, 15) is 4.79 Å². The number of nitrogen functional groups attached to an aromatic ring is 1. The van der Waals surface area contributed by atoms with Crippen LogP contribution in [0.1, 0.15) is 10.4 Å². The predicted molar refractivity (Wildman–Crippen MR) is 66.3 cm³/mol. The highest BCUT2D eigenvalue weighted by molar-refractivity contribution is 9.10. The molecule has 3 N–H and O–H groups in total. The molecule has 2 heterocycles. The Balaban J connectivity index is 2.23. The van der Waals surface area contributed by atoms with Gasteiger partial charge in [-0.2, -0.15) is 0 Å². The van der Waals surface area contributed by atoms with Crippen LogP contribution < -0.4 is 11.1 Å². The number of carbonyl (C=O) groups is 1. The third-order valence-corrected chi connectivity index (χ3v) is 2.39. The summed E-state index contributed by atoms with van der Waals surface area (Å²) in [5.74, 6) is 0.208. The SMILES string of the molecule is Nc1ncc(Br)cc1C(=O)Nc1ccncn1. The Morgan fingerprint density at radius 1 is 1.41 bits per heavy atom. The van der Waals surface area contributed by atoms with E-state index in [1.165, 1.54) is 18.7 Å². The van der Waals surface area contributed by atoms with Gasteiger partial charge in [-0.1, -0.05) is 0 Å². The van der Waals surface area contributed by atoms with E-state index in [-0.39, 0.29) is 17.3 Å². The van der Waals surface area contributed by atoms with Crippen molar-refractivity contribution in [1.82, 2.24) is 15.0 Å². The van der Waals surface area contributed by atoms with Gasteiger partial charge in [-0.05, 0) is 28.1 Å². The molecular formula is C10H8BrN5O. The molecule has 7 heteroatoms. The number of pyridine rings is 1. The van der Waals surface area contributed by atoms with Gasteiger partial charge in [0.05, 0.1) is 5.56 Å². The summed E-state index contributed by atoms with van der Waals surface area (Å²) in [4.78, 5) is 23.4. The van der Waals surface area contributed by atoms with Crippen molar-refractivity contribution in [2.75, 3.05) is 11.1 Å². The van der Waals surface area contributed by atoms with Crippen molar-refractivity contribution in [3.63, 3.8) is 0 Å². The predicted octanol–water partition coefficient (Wildman–Crippen LogP) is 1.47. The number of carbonyl (C=O) groups excluding carboxylic acids is 1. The van der Waals surface area contributed by atoms with Crippen molar-refractivity contribution < 1.29 is 4.79 Å². The molecule has 0 bridgehead atoms. The smallest absolute Gasteiger partial charge is 0.260 e. The Hall–Kier alpha value is -2.02. The van der Waals surface area contributed by atoms with Crippen molar-refractivity contribution in [2.24, 2.45) is 0 Å². The van der Waals surface area contributed by atoms with E-state index in [1.54, 1.807) is 12.1 Å². The molecule has 0 spiro atoms. The molecule has 0 unspecified atom stereocenters. The van der Waals surface area contributed by atoms with Crippen molar-refractivity contribution in [2.45, 2.75) is 0 Å². The second-order valence-electron chi connectivity index (χ2n) is 3.14. The molecule has 0 aliphatic rings. The minimum atomic E-state index is -0.366. The fraction of sp³-hybridized carbons (Fsp3) is 0. The quantitative estimate of drug-likeness (QED) is 0.874. The van der Waals surface area contributed by atoms with Gasteiger partial charge in [0.25, 0.3) is 5.91 Å². The van der Waals surface area contributed by atoms with Gasteiger partial charge in [-0.3, -0.25) is 4.79 Å². The van der Waals surface area contributed by atoms with Gasteiger partial charge in [0, 0.05) is 16.9 Å². The van der Waals surface area contributed by atoms with Gasteiger partial charge in [0.1, 0.15) is 18.0 Å². The molecule has 0 radical (unpaired) electrons. The van der Waals surface area contributed by atoms with E-state index >= 15 is 0 Å². The molecule has 86 valence electrons. The fourth-order valence-corrected chi connectivity index (χ4v) is 1.51. The maximum absolute atomic E-state index is 11.9. The summed E-state index contributed by atoms with van der Waals surface area (Å²) < 4.78 is 0.680. The largest absolute Gasteiger partial charge is 0.383 e. The molecule has 17 heavy (non-hydrogen) atoms. The van der Waals surface area contributed by atoms with Gasteiger partial charge >= 0.3 is 0 Å². The van der Waals surface area contributed by atoms with Crippen LogP contribution in [0.5, 0.6) is 0 Å². The second-order valence-corrected chi connectivity index (χ2v) is 4.05. The van der Waals surface area contributed by atoms with Crippen LogP contribution in [-0.4, -0.2) is 20.9 Å². The molecule has 1 amide bonds. The Kier molecular flexibility index (Phi) is 3.29. The third kappa shape index (κ3) is 2.76. The van der Waals surface area contributed by atoms with Gasteiger partial charge in [0.15, 0.2) is 0 Å². The summed E-state index contributed by atoms with van der Waals surface area (Å²) >= 11 is 3.23. The van der Waals surface area contributed by atoms with Crippen molar-refractivity contribution >= 4 is 33.5 Å². The van der Waals surface area contributed by atoms with Crippen LogP contribution in [0.2, 0.25) is 0 Å². The lowest BCUT2D eigenvalue weighted by Gasteiger charge is -2.06. The van der Waals surface area contributed by atoms with E-state index in [1.807, 2.05) is 0 Å². The molecule has 0 aromatic carbocycles. The maximum Gasteiger partial charge on any atom is 0.260 e. The number of rotatable bonds is 2. The summed E-state index contributed by atoms with van der Waals surface area (Å²) in [6.45, 7) is 0. The zero-order valence-electron chi connectivity index (χ0n) is 8.59. The number of anilines is 2. The van der Waals surface area contributed by atoms with Crippen LogP contribution >= 0.6 is 15.9 Å². The summed E-state index contributed by atoms with van der Waals surface area (Å²) in [6.07, 6.45) is 4.40. The van der Waals surface area contributed by atoms with Gasteiger partial charge in [-0.15, -0.1) is 0 Å².